The number of terminal acetylenes is 1. The number of anilines is 1. The summed E-state index contributed by atoms with van der Waals surface area (Å²) < 4.78 is 5.34. The fourth-order valence-electron chi connectivity index (χ4n) is 4.12. The number of nitrogens with zero attached hydrogens (tertiary/aromatic N) is 1. The molecule has 214 valence electrons. The van der Waals surface area contributed by atoms with E-state index in [1.807, 2.05) is 0 Å². The molecular formula is C30H37ClN4O5. The Bertz CT molecular complexity index is 1280. The minimum absolute atomic E-state index is 0.106. The number of aryl methyl sites for hydroxylation is 1. The van der Waals surface area contributed by atoms with Gasteiger partial charge in [-0.2, -0.15) is 0 Å². The van der Waals surface area contributed by atoms with Gasteiger partial charge in [-0.15, -0.1) is 6.42 Å². The number of ether oxygens (including phenoxy) is 1. The number of halogens is 1. The number of nitrogens with one attached hydrogen (secondary N) is 2. The van der Waals surface area contributed by atoms with Gasteiger partial charge in [-0.3, -0.25) is 14.4 Å². The maximum Gasteiger partial charge on any atom is 0.408 e. The lowest BCUT2D eigenvalue weighted by molar-refractivity contribution is -0.143. The predicted molar refractivity (Wildman–Crippen MR) is 156 cm³/mol. The van der Waals surface area contributed by atoms with Gasteiger partial charge in [0.1, 0.15) is 17.7 Å². The molecule has 0 spiro atoms. The van der Waals surface area contributed by atoms with E-state index < -0.39 is 47.5 Å². The third-order valence-corrected chi connectivity index (χ3v) is 6.20. The van der Waals surface area contributed by atoms with Gasteiger partial charge in [-0.05, 0) is 71.2 Å². The summed E-state index contributed by atoms with van der Waals surface area (Å²) in [6, 6.07) is 8.99. The first-order chi connectivity index (χ1) is 18.7. The topological polar surface area (TPSA) is 131 Å². The van der Waals surface area contributed by atoms with Crippen molar-refractivity contribution in [1.29, 1.82) is 0 Å². The summed E-state index contributed by atoms with van der Waals surface area (Å²) in [4.78, 5) is 53.8. The van der Waals surface area contributed by atoms with E-state index in [9.17, 15) is 19.2 Å². The van der Waals surface area contributed by atoms with Crippen molar-refractivity contribution >= 4 is 41.1 Å². The first kappa shape index (κ1) is 32.2. The third-order valence-electron chi connectivity index (χ3n) is 5.89. The molecule has 2 unspecified atom stereocenters. The summed E-state index contributed by atoms with van der Waals surface area (Å²) in [5, 5.41) is 5.74. The second-order valence-corrected chi connectivity index (χ2v) is 11.0. The fraction of sp³-hybridized carbons (Fsp3) is 0.400. The molecule has 0 saturated heterocycles. The van der Waals surface area contributed by atoms with Crippen molar-refractivity contribution in [1.82, 2.24) is 10.2 Å². The van der Waals surface area contributed by atoms with Crippen molar-refractivity contribution in [3.63, 3.8) is 0 Å². The number of primary amides is 1. The molecule has 0 fully saturated rings. The normalized spacial score (nSPS) is 12.6. The first-order valence-electron chi connectivity index (χ1n) is 12.9. The van der Waals surface area contributed by atoms with E-state index in [1.165, 1.54) is 4.90 Å². The quantitative estimate of drug-likeness (QED) is 0.357. The van der Waals surface area contributed by atoms with E-state index >= 15 is 0 Å². The molecule has 4 N–H and O–H groups in total. The Morgan fingerprint density at radius 2 is 1.75 bits per heavy atom. The van der Waals surface area contributed by atoms with Gasteiger partial charge in [0.15, 0.2) is 0 Å². The highest BCUT2D eigenvalue weighted by molar-refractivity contribution is 6.34. The standard InChI is InChI=1S/C30H37ClN4O5/c1-8-20-13-9-10-14-21(20)26(27(37)34-25-19(4)12-11-15-22(25)31)35(18(2)3)28(38)23(16-17-24(32)36)33-29(39)40-30(5,6)7/h1,9-15,18,23,26H,16-17H2,2-7H3,(H2,32,36)(H,33,39)(H,34,37). The van der Waals surface area contributed by atoms with E-state index in [0.29, 0.717) is 21.8 Å². The lowest BCUT2D eigenvalue weighted by Crippen LogP contribution is -2.54. The minimum atomic E-state index is -1.22. The van der Waals surface area contributed by atoms with Gasteiger partial charge < -0.3 is 26.0 Å². The van der Waals surface area contributed by atoms with E-state index in [1.54, 1.807) is 84.0 Å². The molecule has 2 atom stereocenters. The smallest absolute Gasteiger partial charge is 0.408 e. The largest absolute Gasteiger partial charge is 0.444 e. The highest BCUT2D eigenvalue weighted by Gasteiger charge is 2.39. The summed E-state index contributed by atoms with van der Waals surface area (Å²) in [5.74, 6) is 0.747. The van der Waals surface area contributed by atoms with Crippen LogP contribution in [0.3, 0.4) is 0 Å². The number of rotatable bonds is 10. The molecule has 0 heterocycles. The molecule has 10 heteroatoms. The molecule has 9 nitrogen and oxygen atoms in total. The van der Waals surface area contributed by atoms with Crippen LogP contribution in [0.2, 0.25) is 5.02 Å². The molecule has 40 heavy (non-hydrogen) atoms. The maximum absolute atomic E-state index is 14.1. The average Bonchev–Trinajstić information content (AvgIpc) is 2.85. The molecule has 0 saturated carbocycles. The van der Waals surface area contributed by atoms with E-state index in [4.69, 9.17) is 28.5 Å². The molecule has 2 rings (SSSR count). The van der Waals surface area contributed by atoms with Crippen LogP contribution in [-0.2, 0) is 19.1 Å². The van der Waals surface area contributed by atoms with Crippen LogP contribution in [0.4, 0.5) is 10.5 Å². The van der Waals surface area contributed by atoms with Crippen LogP contribution in [0.1, 0.15) is 70.2 Å². The number of alkyl carbamates (subject to hydrolysis) is 1. The summed E-state index contributed by atoms with van der Waals surface area (Å²) >= 11 is 6.39. The van der Waals surface area contributed by atoms with Crippen LogP contribution in [0.25, 0.3) is 0 Å². The number of carbonyl (C=O) groups excluding carboxylic acids is 4. The van der Waals surface area contributed by atoms with Gasteiger partial charge in [0.05, 0.1) is 10.7 Å². The van der Waals surface area contributed by atoms with Crippen LogP contribution >= 0.6 is 11.6 Å². The monoisotopic (exact) mass is 568 g/mol. The Morgan fingerprint density at radius 1 is 1.10 bits per heavy atom. The Balaban J connectivity index is 2.63. The van der Waals surface area contributed by atoms with Crippen LogP contribution in [0.5, 0.6) is 0 Å². The highest BCUT2D eigenvalue weighted by Crippen LogP contribution is 2.32. The molecule has 0 radical (unpaired) electrons. The van der Waals surface area contributed by atoms with Gasteiger partial charge in [0, 0.05) is 18.0 Å². The van der Waals surface area contributed by atoms with E-state index in [-0.39, 0.29) is 12.8 Å². The number of hydrogen-bond acceptors (Lipinski definition) is 5. The van der Waals surface area contributed by atoms with Crippen molar-refractivity contribution in [3.05, 3.63) is 64.2 Å². The number of nitrogens with two attached hydrogens (primary N) is 1. The van der Waals surface area contributed by atoms with Crippen molar-refractivity contribution in [2.45, 2.75) is 78.1 Å². The van der Waals surface area contributed by atoms with Crippen molar-refractivity contribution in [2.75, 3.05) is 5.32 Å². The third kappa shape index (κ3) is 8.75. The van der Waals surface area contributed by atoms with Crippen molar-refractivity contribution in [2.24, 2.45) is 5.73 Å². The summed E-state index contributed by atoms with van der Waals surface area (Å²) in [6.45, 7) is 10.3. The number of benzene rings is 2. The molecule has 0 aliphatic carbocycles. The Labute approximate surface area is 240 Å². The predicted octanol–water partition coefficient (Wildman–Crippen LogP) is 4.71. The van der Waals surface area contributed by atoms with Crippen LogP contribution in [-0.4, -0.2) is 46.4 Å². The molecule has 0 aromatic heterocycles. The summed E-state index contributed by atoms with van der Waals surface area (Å²) in [6.07, 6.45) is 4.63. The Kier molecular flexibility index (Phi) is 11.1. The fourth-order valence-corrected chi connectivity index (χ4v) is 4.39. The number of para-hydroxylation sites is 1. The van der Waals surface area contributed by atoms with Crippen molar-refractivity contribution in [3.8, 4) is 12.3 Å². The van der Waals surface area contributed by atoms with E-state index in [0.717, 1.165) is 5.56 Å². The molecule has 0 bridgehead atoms. The molecule has 4 amide bonds. The Hall–Kier alpha value is -4.03. The van der Waals surface area contributed by atoms with Gasteiger partial charge in [0.25, 0.3) is 5.91 Å². The number of hydrogen-bond donors (Lipinski definition) is 3. The summed E-state index contributed by atoms with van der Waals surface area (Å²) in [7, 11) is 0. The van der Waals surface area contributed by atoms with Gasteiger partial charge in [-0.1, -0.05) is 47.9 Å². The number of amides is 4. The van der Waals surface area contributed by atoms with E-state index in [2.05, 4.69) is 16.6 Å². The molecular weight excluding hydrogens is 532 g/mol. The zero-order valence-corrected chi connectivity index (χ0v) is 24.5. The maximum atomic E-state index is 14.1. The highest BCUT2D eigenvalue weighted by atomic mass is 35.5. The van der Waals surface area contributed by atoms with Crippen LogP contribution < -0.4 is 16.4 Å². The SMILES string of the molecule is C#Cc1ccccc1C(C(=O)Nc1c(C)cccc1Cl)N(C(=O)C(CCC(N)=O)NC(=O)OC(C)(C)C)C(C)C. The molecule has 2 aromatic carbocycles. The zero-order valence-electron chi connectivity index (χ0n) is 23.7. The first-order valence-corrected chi connectivity index (χ1v) is 13.3. The molecule has 2 aromatic rings. The second kappa shape index (κ2) is 13.9. The lowest BCUT2D eigenvalue weighted by atomic mass is 9.95. The Morgan fingerprint density at radius 3 is 2.30 bits per heavy atom. The molecule has 0 aliphatic heterocycles. The van der Waals surface area contributed by atoms with Crippen LogP contribution in [0.15, 0.2) is 42.5 Å². The lowest BCUT2D eigenvalue weighted by Gasteiger charge is -2.37. The van der Waals surface area contributed by atoms with Crippen molar-refractivity contribution < 1.29 is 23.9 Å². The van der Waals surface area contributed by atoms with Gasteiger partial charge in [-0.25, -0.2) is 4.79 Å². The average molecular weight is 569 g/mol. The van der Waals surface area contributed by atoms with Crippen LogP contribution in [0, 0.1) is 19.3 Å². The van der Waals surface area contributed by atoms with Gasteiger partial charge in [0.2, 0.25) is 11.8 Å². The van der Waals surface area contributed by atoms with Gasteiger partial charge >= 0.3 is 6.09 Å². The molecule has 0 aliphatic rings. The zero-order chi connectivity index (χ0) is 30.2. The number of carbonyl (C=O) groups is 4. The minimum Gasteiger partial charge on any atom is -0.444 e. The second-order valence-electron chi connectivity index (χ2n) is 10.6. The summed E-state index contributed by atoms with van der Waals surface area (Å²) in [5.41, 5.74) is 6.45.